The van der Waals surface area contributed by atoms with Crippen LogP contribution in [0, 0.1) is 0 Å². The maximum atomic E-state index is 11.6. The lowest BCUT2D eigenvalue weighted by Crippen LogP contribution is -2.33. The maximum absolute atomic E-state index is 11.6. The smallest absolute Gasteiger partial charge is 0.414 e. The van der Waals surface area contributed by atoms with Crippen LogP contribution in [0.15, 0.2) is 30.3 Å². The standard InChI is InChI=1S/C13H17NO4.ClH/c1-3-18-12(15)9-10-14(13(16)17-2)11-7-5-4-6-8-11;/h4-8H,3,9-10H2,1-2H3;1H. The van der Waals surface area contributed by atoms with E-state index in [2.05, 4.69) is 0 Å². The highest BCUT2D eigenvalue weighted by Gasteiger charge is 2.17. The van der Waals surface area contributed by atoms with E-state index >= 15 is 0 Å². The van der Waals surface area contributed by atoms with Gasteiger partial charge < -0.3 is 9.47 Å². The molecule has 0 heterocycles. The summed E-state index contributed by atoms with van der Waals surface area (Å²) in [4.78, 5) is 24.3. The van der Waals surface area contributed by atoms with E-state index in [0.717, 1.165) is 0 Å². The number of para-hydroxylation sites is 1. The third-order valence-corrected chi connectivity index (χ3v) is 2.31. The van der Waals surface area contributed by atoms with Crippen LogP contribution in [-0.2, 0) is 14.3 Å². The zero-order valence-corrected chi connectivity index (χ0v) is 11.8. The van der Waals surface area contributed by atoms with Gasteiger partial charge in [-0.15, -0.1) is 12.4 Å². The third-order valence-electron chi connectivity index (χ3n) is 2.31. The molecule has 19 heavy (non-hydrogen) atoms. The summed E-state index contributed by atoms with van der Waals surface area (Å²) in [6, 6.07) is 9.04. The van der Waals surface area contributed by atoms with E-state index in [1.54, 1.807) is 19.1 Å². The number of benzene rings is 1. The maximum Gasteiger partial charge on any atom is 0.414 e. The normalized spacial score (nSPS) is 9.16. The van der Waals surface area contributed by atoms with Gasteiger partial charge in [0.2, 0.25) is 0 Å². The van der Waals surface area contributed by atoms with Crippen molar-refractivity contribution >= 4 is 30.2 Å². The van der Waals surface area contributed by atoms with Crippen molar-refractivity contribution in [3.8, 4) is 0 Å². The number of ether oxygens (including phenoxy) is 2. The summed E-state index contributed by atoms with van der Waals surface area (Å²) in [6.07, 6.45) is -0.358. The monoisotopic (exact) mass is 287 g/mol. The van der Waals surface area contributed by atoms with Gasteiger partial charge in [-0.2, -0.15) is 0 Å². The van der Waals surface area contributed by atoms with Gasteiger partial charge in [0.1, 0.15) is 0 Å². The lowest BCUT2D eigenvalue weighted by molar-refractivity contribution is -0.142. The highest BCUT2D eigenvalue weighted by molar-refractivity contribution is 5.88. The van der Waals surface area contributed by atoms with Crippen LogP contribution in [0.1, 0.15) is 13.3 Å². The molecule has 1 amide bonds. The first kappa shape index (κ1) is 17.2. The molecule has 6 heteroatoms. The number of carbonyl (C=O) groups excluding carboxylic acids is 2. The number of methoxy groups -OCH3 is 1. The number of halogens is 1. The van der Waals surface area contributed by atoms with E-state index in [1.165, 1.54) is 12.0 Å². The second-order valence-electron chi connectivity index (χ2n) is 3.51. The number of nitrogens with zero attached hydrogens (tertiary/aromatic N) is 1. The molecule has 0 aliphatic rings. The zero-order chi connectivity index (χ0) is 13.4. The Labute approximate surface area is 118 Å². The summed E-state index contributed by atoms with van der Waals surface area (Å²) in [5, 5.41) is 0. The molecule has 0 aliphatic heterocycles. The molecule has 0 saturated carbocycles. The molecule has 0 saturated heterocycles. The Bertz CT molecular complexity index is 397. The molecule has 0 unspecified atom stereocenters. The number of rotatable bonds is 5. The largest absolute Gasteiger partial charge is 0.466 e. The van der Waals surface area contributed by atoms with Crippen LogP contribution in [-0.4, -0.2) is 32.3 Å². The summed E-state index contributed by atoms with van der Waals surface area (Å²) in [7, 11) is 1.31. The lowest BCUT2D eigenvalue weighted by atomic mass is 10.3. The minimum atomic E-state index is -0.495. The molecular weight excluding hydrogens is 270 g/mol. The zero-order valence-electron chi connectivity index (χ0n) is 11.0. The quantitative estimate of drug-likeness (QED) is 0.781. The van der Waals surface area contributed by atoms with Gasteiger partial charge in [-0.3, -0.25) is 9.69 Å². The van der Waals surface area contributed by atoms with E-state index in [9.17, 15) is 9.59 Å². The molecule has 1 rings (SSSR count). The Morgan fingerprint density at radius 2 is 1.84 bits per heavy atom. The van der Waals surface area contributed by atoms with Crippen molar-refractivity contribution in [1.29, 1.82) is 0 Å². The van der Waals surface area contributed by atoms with Gasteiger partial charge in [-0.25, -0.2) is 4.79 Å². The van der Waals surface area contributed by atoms with Crippen molar-refractivity contribution < 1.29 is 19.1 Å². The number of hydrogen-bond donors (Lipinski definition) is 0. The lowest BCUT2D eigenvalue weighted by Gasteiger charge is -2.20. The predicted octanol–water partition coefficient (Wildman–Crippen LogP) is 2.63. The molecule has 5 nitrogen and oxygen atoms in total. The molecule has 0 N–H and O–H groups in total. The van der Waals surface area contributed by atoms with Gasteiger partial charge in [0, 0.05) is 12.2 Å². The fourth-order valence-electron chi connectivity index (χ4n) is 1.48. The number of hydrogen-bond acceptors (Lipinski definition) is 4. The number of amides is 1. The fourth-order valence-corrected chi connectivity index (χ4v) is 1.48. The van der Waals surface area contributed by atoms with E-state index < -0.39 is 6.09 Å². The second-order valence-corrected chi connectivity index (χ2v) is 3.51. The van der Waals surface area contributed by atoms with Gasteiger partial charge in [-0.05, 0) is 19.1 Å². The summed E-state index contributed by atoms with van der Waals surface area (Å²) < 4.78 is 9.52. The molecule has 0 atom stereocenters. The summed E-state index contributed by atoms with van der Waals surface area (Å²) in [5.41, 5.74) is 0.689. The first-order valence-corrected chi connectivity index (χ1v) is 5.75. The van der Waals surface area contributed by atoms with Crippen LogP contribution in [0.5, 0.6) is 0 Å². The Morgan fingerprint density at radius 3 is 2.37 bits per heavy atom. The van der Waals surface area contributed by atoms with Crippen molar-refractivity contribution in [3.63, 3.8) is 0 Å². The van der Waals surface area contributed by atoms with Crippen LogP contribution in [0.25, 0.3) is 0 Å². The van der Waals surface area contributed by atoms with Gasteiger partial charge in [0.05, 0.1) is 20.1 Å². The Hall–Kier alpha value is -1.75. The SMILES string of the molecule is CCOC(=O)CCN(C(=O)OC)c1ccccc1.Cl. The van der Waals surface area contributed by atoms with Crippen LogP contribution >= 0.6 is 12.4 Å². The first-order chi connectivity index (χ1) is 8.69. The molecular formula is C13H18ClNO4. The van der Waals surface area contributed by atoms with Crippen LogP contribution in [0.2, 0.25) is 0 Å². The van der Waals surface area contributed by atoms with Gasteiger partial charge in [-0.1, -0.05) is 18.2 Å². The summed E-state index contributed by atoms with van der Waals surface area (Å²) >= 11 is 0. The molecule has 0 bridgehead atoms. The Balaban J connectivity index is 0.00000324. The molecule has 0 aliphatic carbocycles. The topological polar surface area (TPSA) is 55.8 Å². The van der Waals surface area contributed by atoms with Crippen molar-refractivity contribution in [2.75, 3.05) is 25.2 Å². The molecule has 0 aromatic heterocycles. The minimum absolute atomic E-state index is 0. The number of carbonyl (C=O) groups is 2. The highest BCUT2D eigenvalue weighted by Crippen LogP contribution is 2.14. The molecule has 1 aromatic carbocycles. The average Bonchev–Trinajstić information content (AvgIpc) is 2.40. The Kier molecular flexibility index (Phi) is 8.37. The van der Waals surface area contributed by atoms with Gasteiger partial charge in [0.25, 0.3) is 0 Å². The molecule has 0 radical (unpaired) electrons. The highest BCUT2D eigenvalue weighted by atomic mass is 35.5. The summed E-state index contributed by atoms with van der Waals surface area (Å²) in [6.45, 7) is 2.31. The van der Waals surface area contributed by atoms with E-state index in [-0.39, 0.29) is 31.3 Å². The van der Waals surface area contributed by atoms with Crippen molar-refractivity contribution in [3.05, 3.63) is 30.3 Å². The fraction of sp³-hybridized carbons (Fsp3) is 0.385. The number of esters is 1. The van der Waals surface area contributed by atoms with Gasteiger partial charge >= 0.3 is 12.1 Å². The second kappa shape index (κ2) is 9.22. The van der Waals surface area contributed by atoms with Crippen molar-refractivity contribution in [1.82, 2.24) is 0 Å². The summed E-state index contributed by atoms with van der Waals surface area (Å²) in [5.74, 6) is -0.331. The van der Waals surface area contributed by atoms with Crippen LogP contribution in [0.4, 0.5) is 10.5 Å². The average molecular weight is 288 g/mol. The molecule has 0 fully saturated rings. The van der Waals surface area contributed by atoms with Crippen LogP contribution < -0.4 is 4.90 Å². The van der Waals surface area contributed by atoms with Gasteiger partial charge in [0.15, 0.2) is 0 Å². The number of anilines is 1. The minimum Gasteiger partial charge on any atom is -0.466 e. The van der Waals surface area contributed by atoms with Crippen LogP contribution in [0.3, 0.4) is 0 Å². The van der Waals surface area contributed by atoms with Crippen molar-refractivity contribution in [2.45, 2.75) is 13.3 Å². The van der Waals surface area contributed by atoms with Crippen molar-refractivity contribution in [2.24, 2.45) is 0 Å². The molecule has 1 aromatic rings. The third kappa shape index (κ3) is 5.61. The molecule has 0 spiro atoms. The molecule has 106 valence electrons. The van der Waals surface area contributed by atoms with E-state index in [4.69, 9.17) is 9.47 Å². The van der Waals surface area contributed by atoms with E-state index in [0.29, 0.717) is 12.3 Å². The Morgan fingerprint density at radius 1 is 1.21 bits per heavy atom. The predicted molar refractivity (Wildman–Crippen MR) is 74.7 cm³/mol. The van der Waals surface area contributed by atoms with E-state index in [1.807, 2.05) is 18.2 Å². The first-order valence-electron chi connectivity index (χ1n) is 5.75.